The van der Waals surface area contributed by atoms with Crippen molar-refractivity contribution >= 4 is 30.0 Å². The maximum atomic E-state index is 12.6. The number of amides is 1. The van der Waals surface area contributed by atoms with Crippen molar-refractivity contribution in [2.45, 2.75) is 45.7 Å². The van der Waals surface area contributed by atoms with Crippen LogP contribution in [0.15, 0.2) is 18.2 Å². The van der Waals surface area contributed by atoms with E-state index < -0.39 is 5.97 Å². The summed E-state index contributed by atoms with van der Waals surface area (Å²) in [5.74, 6) is -0.794. The zero-order valence-corrected chi connectivity index (χ0v) is 16.8. The van der Waals surface area contributed by atoms with Gasteiger partial charge in [-0.3, -0.25) is 19.4 Å². The number of carboxylic acid groups (broad SMARTS) is 1. The maximum absolute atomic E-state index is 12.6. The summed E-state index contributed by atoms with van der Waals surface area (Å²) in [4.78, 5) is 27.5. The minimum absolute atomic E-state index is 0. The fraction of sp³-hybridized carbons (Fsp3) is 0.579. The van der Waals surface area contributed by atoms with E-state index in [1.807, 2.05) is 50.9 Å². The Morgan fingerprint density at radius 3 is 2.50 bits per heavy atom. The maximum Gasteiger partial charge on any atom is 0.317 e. The standard InChI is InChI=1S/C19H29N3O3.ClH/c1-13-5-6-14(2)17(11-13)20-19(25)15(3)22-9-7-16(8-10-22)21(4)12-18(23)24;/h5-6,11,15-16H,7-10,12H2,1-4H3,(H,20,25)(H,23,24);1H. The van der Waals surface area contributed by atoms with Gasteiger partial charge in [-0.05, 0) is 57.9 Å². The van der Waals surface area contributed by atoms with Gasteiger partial charge in [-0.15, -0.1) is 12.4 Å². The molecule has 2 N–H and O–H groups in total. The Labute approximate surface area is 162 Å². The van der Waals surface area contributed by atoms with E-state index in [9.17, 15) is 9.59 Å². The third-order valence-electron chi connectivity index (χ3n) is 5.09. The molecule has 26 heavy (non-hydrogen) atoms. The number of likely N-dealkylation sites (tertiary alicyclic amines) is 1. The number of nitrogens with one attached hydrogen (secondary N) is 1. The molecule has 1 unspecified atom stereocenters. The number of carbonyl (C=O) groups is 2. The first kappa shape index (κ1) is 22.4. The number of hydrogen-bond acceptors (Lipinski definition) is 4. The fourth-order valence-corrected chi connectivity index (χ4v) is 3.33. The number of piperidine rings is 1. The predicted molar refractivity (Wildman–Crippen MR) is 106 cm³/mol. The molecular formula is C19H30ClN3O3. The third-order valence-corrected chi connectivity index (χ3v) is 5.09. The number of likely N-dealkylation sites (N-methyl/N-ethyl adjacent to an activating group) is 1. The molecule has 0 aliphatic carbocycles. The van der Waals surface area contributed by atoms with Crippen LogP contribution < -0.4 is 5.32 Å². The minimum atomic E-state index is -0.800. The number of benzene rings is 1. The summed E-state index contributed by atoms with van der Waals surface area (Å²) in [5, 5.41) is 11.9. The number of carboxylic acids is 1. The highest BCUT2D eigenvalue weighted by Gasteiger charge is 2.28. The molecule has 0 spiro atoms. The highest BCUT2D eigenvalue weighted by molar-refractivity contribution is 5.95. The Kier molecular flexibility index (Phi) is 8.53. The van der Waals surface area contributed by atoms with Crippen molar-refractivity contribution in [2.75, 3.05) is 32.0 Å². The average Bonchev–Trinajstić information content (AvgIpc) is 2.57. The molecule has 146 valence electrons. The van der Waals surface area contributed by atoms with Gasteiger partial charge in [-0.2, -0.15) is 0 Å². The van der Waals surface area contributed by atoms with Gasteiger partial charge in [0.15, 0.2) is 0 Å². The number of aryl methyl sites for hydroxylation is 2. The Morgan fingerprint density at radius 2 is 1.92 bits per heavy atom. The number of halogens is 1. The molecule has 0 saturated carbocycles. The van der Waals surface area contributed by atoms with Crippen LogP contribution in [0.1, 0.15) is 30.9 Å². The molecule has 1 fully saturated rings. The lowest BCUT2D eigenvalue weighted by atomic mass is 10.0. The quantitative estimate of drug-likeness (QED) is 0.789. The third kappa shape index (κ3) is 5.97. The Bertz CT molecular complexity index is 630. The largest absolute Gasteiger partial charge is 0.480 e. The lowest BCUT2D eigenvalue weighted by Gasteiger charge is -2.38. The highest BCUT2D eigenvalue weighted by atomic mass is 35.5. The summed E-state index contributed by atoms with van der Waals surface area (Å²) in [6, 6.07) is 6.10. The summed E-state index contributed by atoms with van der Waals surface area (Å²) < 4.78 is 0. The molecule has 1 heterocycles. The Morgan fingerprint density at radius 1 is 1.31 bits per heavy atom. The molecule has 0 aromatic heterocycles. The van der Waals surface area contributed by atoms with Crippen LogP contribution in [0.5, 0.6) is 0 Å². The number of aliphatic carboxylic acids is 1. The number of rotatable bonds is 6. The van der Waals surface area contributed by atoms with Gasteiger partial charge in [0.2, 0.25) is 5.91 Å². The molecule has 1 aliphatic rings. The zero-order chi connectivity index (χ0) is 18.6. The molecule has 1 atom stereocenters. The Hall–Kier alpha value is -1.63. The SMILES string of the molecule is Cc1ccc(C)c(NC(=O)C(C)N2CCC(N(C)CC(=O)O)CC2)c1.Cl. The molecule has 6 nitrogen and oxygen atoms in total. The summed E-state index contributed by atoms with van der Waals surface area (Å²) >= 11 is 0. The average molecular weight is 384 g/mol. The van der Waals surface area contributed by atoms with Crippen molar-refractivity contribution in [3.8, 4) is 0 Å². The van der Waals surface area contributed by atoms with E-state index in [-0.39, 0.29) is 36.9 Å². The van der Waals surface area contributed by atoms with Gasteiger partial charge < -0.3 is 10.4 Å². The van der Waals surface area contributed by atoms with E-state index in [1.54, 1.807) is 0 Å². The summed E-state index contributed by atoms with van der Waals surface area (Å²) in [6.45, 7) is 7.60. The fourth-order valence-electron chi connectivity index (χ4n) is 3.33. The lowest BCUT2D eigenvalue weighted by Crippen LogP contribution is -2.50. The number of hydrogen-bond donors (Lipinski definition) is 2. The molecule has 1 saturated heterocycles. The molecule has 1 aliphatic heterocycles. The summed E-state index contributed by atoms with van der Waals surface area (Å²) in [7, 11) is 1.85. The van der Waals surface area contributed by atoms with E-state index in [0.717, 1.165) is 42.7 Å². The smallest absolute Gasteiger partial charge is 0.317 e. The first-order valence-corrected chi connectivity index (χ1v) is 8.82. The molecular weight excluding hydrogens is 354 g/mol. The molecule has 2 rings (SSSR count). The van der Waals surface area contributed by atoms with Crippen LogP contribution >= 0.6 is 12.4 Å². The van der Waals surface area contributed by atoms with E-state index in [1.165, 1.54) is 0 Å². The Balaban J connectivity index is 0.00000338. The number of nitrogens with zero attached hydrogens (tertiary/aromatic N) is 2. The van der Waals surface area contributed by atoms with Crippen molar-refractivity contribution in [1.29, 1.82) is 0 Å². The van der Waals surface area contributed by atoms with Gasteiger partial charge in [0, 0.05) is 24.8 Å². The second kappa shape index (κ2) is 9.90. The highest BCUT2D eigenvalue weighted by Crippen LogP contribution is 2.20. The lowest BCUT2D eigenvalue weighted by molar-refractivity contribution is -0.138. The molecule has 1 amide bonds. The van der Waals surface area contributed by atoms with Crippen LogP contribution in [0.2, 0.25) is 0 Å². The second-order valence-electron chi connectivity index (χ2n) is 7.06. The topological polar surface area (TPSA) is 72.9 Å². The van der Waals surface area contributed by atoms with Crippen molar-refractivity contribution in [3.63, 3.8) is 0 Å². The predicted octanol–water partition coefficient (Wildman–Crippen LogP) is 2.53. The minimum Gasteiger partial charge on any atom is -0.480 e. The van der Waals surface area contributed by atoms with Gasteiger partial charge in [-0.25, -0.2) is 0 Å². The van der Waals surface area contributed by atoms with Crippen molar-refractivity contribution in [1.82, 2.24) is 9.80 Å². The first-order valence-electron chi connectivity index (χ1n) is 8.82. The van der Waals surface area contributed by atoms with Gasteiger partial charge in [0.05, 0.1) is 12.6 Å². The van der Waals surface area contributed by atoms with E-state index in [2.05, 4.69) is 10.2 Å². The van der Waals surface area contributed by atoms with Crippen LogP contribution in [0.4, 0.5) is 5.69 Å². The van der Waals surface area contributed by atoms with Crippen LogP contribution in [-0.2, 0) is 9.59 Å². The first-order chi connectivity index (χ1) is 11.8. The normalized spacial score (nSPS) is 16.8. The molecule has 0 bridgehead atoms. The second-order valence-corrected chi connectivity index (χ2v) is 7.06. The van der Waals surface area contributed by atoms with E-state index in [4.69, 9.17) is 5.11 Å². The summed E-state index contributed by atoms with van der Waals surface area (Å²) in [5.41, 5.74) is 3.05. The van der Waals surface area contributed by atoms with Gasteiger partial charge in [0.25, 0.3) is 0 Å². The van der Waals surface area contributed by atoms with E-state index in [0.29, 0.717) is 0 Å². The van der Waals surface area contributed by atoms with Crippen molar-refractivity contribution in [3.05, 3.63) is 29.3 Å². The van der Waals surface area contributed by atoms with Gasteiger partial charge in [0.1, 0.15) is 0 Å². The van der Waals surface area contributed by atoms with Gasteiger partial charge in [-0.1, -0.05) is 12.1 Å². The molecule has 7 heteroatoms. The molecule has 1 aromatic rings. The number of anilines is 1. The van der Waals surface area contributed by atoms with Crippen LogP contribution in [0, 0.1) is 13.8 Å². The molecule has 1 aromatic carbocycles. The van der Waals surface area contributed by atoms with Crippen molar-refractivity contribution < 1.29 is 14.7 Å². The van der Waals surface area contributed by atoms with Crippen molar-refractivity contribution in [2.24, 2.45) is 0 Å². The summed E-state index contributed by atoms with van der Waals surface area (Å²) in [6.07, 6.45) is 1.76. The monoisotopic (exact) mass is 383 g/mol. The van der Waals surface area contributed by atoms with E-state index >= 15 is 0 Å². The number of carbonyl (C=O) groups excluding carboxylic acids is 1. The van der Waals surface area contributed by atoms with Crippen LogP contribution in [0.25, 0.3) is 0 Å². The van der Waals surface area contributed by atoms with Gasteiger partial charge >= 0.3 is 5.97 Å². The zero-order valence-electron chi connectivity index (χ0n) is 16.0. The van der Waals surface area contributed by atoms with Crippen LogP contribution in [0.3, 0.4) is 0 Å². The van der Waals surface area contributed by atoms with Crippen LogP contribution in [-0.4, -0.2) is 65.5 Å². The molecule has 0 radical (unpaired) electrons.